The topological polar surface area (TPSA) is 41.6 Å². The lowest BCUT2D eigenvalue weighted by Gasteiger charge is -2.45. The van der Waals surface area contributed by atoms with E-state index in [0.29, 0.717) is 12.0 Å². The Kier molecular flexibility index (Phi) is 2.49. The summed E-state index contributed by atoms with van der Waals surface area (Å²) in [5.74, 6) is -0.0843. The minimum atomic E-state index is -0.0843. The number of nitrogens with zero attached hydrogens (tertiary/aromatic N) is 1. The number of carbonyl (C=O) groups is 1. The van der Waals surface area contributed by atoms with Gasteiger partial charge in [-0.3, -0.25) is 4.79 Å². The summed E-state index contributed by atoms with van der Waals surface area (Å²) in [6.45, 7) is 5.50. The predicted molar refractivity (Wildman–Crippen MR) is 53.0 cm³/mol. The van der Waals surface area contributed by atoms with Crippen LogP contribution in [0.5, 0.6) is 0 Å². The minimum Gasteiger partial charge on any atom is -0.465 e. The fourth-order valence-electron chi connectivity index (χ4n) is 2.67. The number of nitrogens with one attached hydrogen (secondary N) is 1. The molecular formula is C10H18N2O2. The van der Waals surface area contributed by atoms with Crippen molar-refractivity contribution in [2.75, 3.05) is 33.3 Å². The third-order valence-corrected chi connectivity index (χ3v) is 3.14. The standard InChI is InChI=1S/C10H18N2O2/c1-3-14-9(13)8-4-10(5-11-8)6-12(2)7-10/h8,11H,3-7H2,1-2H3. The maximum atomic E-state index is 11.5. The largest absolute Gasteiger partial charge is 0.465 e. The second-order valence-corrected chi connectivity index (χ2v) is 4.56. The molecule has 0 bridgehead atoms. The molecule has 0 aromatic heterocycles. The lowest BCUT2D eigenvalue weighted by molar-refractivity contribution is -0.145. The molecule has 0 aromatic carbocycles. The molecule has 0 saturated carbocycles. The van der Waals surface area contributed by atoms with Gasteiger partial charge in [0.25, 0.3) is 0 Å². The summed E-state index contributed by atoms with van der Waals surface area (Å²) in [4.78, 5) is 13.7. The smallest absolute Gasteiger partial charge is 0.323 e. The van der Waals surface area contributed by atoms with E-state index in [1.807, 2.05) is 6.92 Å². The van der Waals surface area contributed by atoms with Crippen LogP contribution in [0, 0.1) is 5.41 Å². The van der Waals surface area contributed by atoms with E-state index in [2.05, 4.69) is 17.3 Å². The molecule has 2 aliphatic rings. The quantitative estimate of drug-likeness (QED) is 0.626. The minimum absolute atomic E-state index is 0.0661. The zero-order valence-corrected chi connectivity index (χ0v) is 8.88. The van der Waals surface area contributed by atoms with E-state index in [4.69, 9.17) is 4.74 Å². The SMILES string of the molecule is CCOC(=O)C1CC2(CN1)CN(C)C2. The molecule has 0 amide bonds. The highest BCUT2D eigenvalue weighted by atomic mass is 16.5. The Morgan fingerprint density at radius 2 is 2.36 bits per heavy atom. The number of rotatable bonds is 2. The van der Waals surface area contributed by atoms with Gasteiger partial charge in [-0.1, -0.05) is 0 Å². The van der Waals surface area contributed by atoms with Gasteiger partial charge in [-0.15, -0.1) is 0 Å². The average Bonchev–Trinajstić information content (AvgIpc) is 2.49. The van der Waals surface area contributed by atoms with Crippen LogP contribution < -0.4 is 5.32 Å². The summed E-state index contributed by atoms with van der Waals surface area (Å²) in [6.07, 6.45) is 0.941. The summed E-state index contributed by atoms with van der Waals surface area (Å²) >= 11 is 0. The molecule has 0 aromatic rings. The van der Waals surface area contributed by atoms with Crippen LogP contribution >= 0.6 is 0 Å². The zero-order valence-electron chi connectivity index (χ0n) is 8.88. The van der Waals surface area contributed by atoms with Crippen LogP contribution in [-0.4, -0.2) is 50.2 Å². The molecule has 2 saturated heterocycles. The van der Waals surface area contributed by atoms with Gasteiger partial charge in [0.15, 0.2) is 0 Å². The van der Waals surface area contributed by atoms with E-state index in [9.17, 15) is 4.79 Å². The first kappa shape index (κ1) is 9.93. The van der Waals surface area contributed by atoms with Crippen molar-refractivity contribution in [1.82, 2.24) is 10.2 Å². The summed E-state index contributed by atoms with van der Waals surface area (Å²) < 4.78 is 5.00. The van der Waals surface area contributed by atoms with Gasteiger partial charge in [0.05, 0.1) is 6.61 Å². The van der Waals surface area contributed by atoms with Gasteiger partial charge in [0.1, 0.15) is 6.04 Å². The lowest BCUT2D eigenvalue weighted by Crippen LogP contribution is -2.55. The molecule has 2 heterocycles. The zero-order chi connectivity index (χ0) is 10.2. The lowest BCUT2D eigenvalue weighted by atomic mass is 9.78. The third-order valence-electron chi connectivity index (χ3n) is 3.14. The molecule has 4 nitrogen and oxygen atoms in total. The second-order valence-electron chi connectivity index (χ2n) is 4.56. The molecule has 2 aliphatic heterocycles. The van der Waals surface area contributed by atoms with Crippen LogP contribution in [0.2, 0.25) is 0 Å². The summed E-state index contributed by atoms with van der Waals surface area (Å²) in [5, 5.41) is 3.25. The predicted octanol–water partition coefficient (Wildman–Crippen LogP) is -0.157. The first-order valence-electron chi connectivity index (χ1n) is 5.24. The van der Waals surface area contributed by atoms with Crippen molar-refractivity contribution >= 4 is 5.97 Å². The second kappa shape index (κ2) is 3.51. The number of esters is 1. The van der Waals surface area contributed by atoms with E-state index >= 15 is 0 Å². The fraction of sp³-hybridized carbons (Fsp3) is 0.900. The molecule has 0 aliphatic carbocycles. The molecule has 80 valence electrons. The van der Waals surface area contributed by atoms with Gasteiger partial charge in [0.2, 0.25) is 0 Å². The van der Waals surface area contributed by atoms with Crippen LogP contribution in [0.4, 0.5) is 0 Å². The Balaban J connectivity index is 1.86. The first-order valence-corrected chi connectivity index (χ1v) is 5.24. The van der Waals surface area contributed by atoms with E-state index in [1.165, 1.54) is 0 Å². The van der Waals surface area contributed by atoms with Crippen LogP contribution in [0.3, 0.4) is 0 Å². The van der Waals surface area contributed by atoms with Crippen molar-refractivity contribution in [2.24, 2.45) is 5.41 Å². The highest BCUT2D eigenvalue weighted by Crippen LogP contribution is 2.37. The van der Waals surface area contributed by atoms with Gasteiger partial charge in [-0.2, -0.15) is 0 Å². The Morgan fingerprint density at radius 1 is 1.64 bits per heavy atom. The van der Waals surface area contributed by atoms with Crippen LogP contribution in [0.25, 0.3) is 0 Å². The Bertz CT molecular complexity index is 236. The van der Waals surface area contributed by atoms with E-state index in [1.54, 1.807) is 0 Å². The molecule has 4 heteroatoms. The Morgan fingerprint density at radius 3 is 2.93 bits per heavy atom. The Labute approximate surface area is 84.6 Å². The molecular weight excluding hydrogens is 180 g/mol. The molecule has 2 fully saturated rings. The maximum absolute atomic E-state index is 11.5. The molecule has 1 N–H and O–H groups in total. The van der Waals surface area contributed by atoms with Crippen molar-refractivity contribution in [3.63, 3.8) is 0 Å². The molecule has 2 rings (SSSR count). The number of hydrogen-bond donors (Lipinski definition) is 1. The number of likely N-dealkylation sites (tertiary alicyclic amines) is 1. The Hall–Kier alpha value is -0.610. The molecule has 1 spiro atoms. The van der Waals surface area contributed by atoms with Crippen molar-refractivity contribution in [1.29, 1.82) is 0 Å². The van der Waals surface area contributed by atoms with Crippen molar-refractivity contribution in [3.8, 4) is 0 Å². The summed E-state index contributed by atoms with van der Waals surface area (Å²) in [7, 11) is 2.11. The van der Waals surface area contributed by atoms with E-state index in [0.717, 1.165) is 26.1 Å². The van der Waals surface area contributed by atoms with E-state index < -0.39 is 0 Å². The molecule has 0 radical (unpaired) electrons. The van der Waals surface area contributed by atoms with Gasteiger partial charge in [0, 0.05) is 25.0 Å². The molecule has 1 unspecified atom stereocenters. The highest BCUT2D eigenvalue weighted by molar-refractivity contribution is 5.76. The molecule has 1 atom stereocenters. The monoisotopic (exact) mass is 198 g/mol. The maximum Gasteiger partial charge on any atom is 0.323 e. The van der Waals surface area contributed by atoms with Gasteiger partial charge in [-0.05, 0) is 20.4 Å². The van der Waals surface area contributed by atoms with Gasteiger partial charge in [-0.25, -0.2) is 0 Å². The van der Waals surface area contributed by atoms with Gasteiger partial charge >= 0.3 is 5.97 Å². The first-order chi connectivity index (χ1) is 6.65. The summed E-state index contributed by atoms with van der Waals surface area (Å²) in [6, 6.07) is -0.0661. The average molecular weight is 198 g/mol. The van der Waals surface area contributed by atoms with Crippen LogP contribution in [0.1, 0.15) is 13.3 Å². The van der Waals surface area contributed by atoms with Crippen LogP contribution in [0.15, 0.2) is 0 Å². The van der Waals surface area contributed by atoms with Gasteiger partial charge < -0.3 is 15.0 Å². The van der Waals surface area contributed by atoms with Crippen LogP contribution in [-0.2, 0) is 9.53 Å². The van der Waals surface area contributed by atoms with Crippen molar-refractivity contribution < 1.29 is 9.53 Å². The van der Waals surface area contributed by atoms with E-state index in [-0.39, 0.29) is 12.0 Å². The third kappa shape index (κ3) is 1.64. The fourth-order valence-corrected chi connectivity index (χ4v) is 2.67. The van der Waals surface area contributed by atoms with Crippen molar-refractivity contribution in [2.45, 2.75) is 19.4 Å². The molecule has 14 heavy (non-hydrogen) atoms. The number of ether oxygens (including phenoxy) is 1. The number of hydrogen-bond acceptors (Lipinski definition) is 4. The summed E-state index contributed by atoms with van der Waals surface area (Å²) in [5.41, 5.74) is 0.353. The highest BCUT2D eigenvalue weighted by Gasteiger charge is 2.48. The number of carbonyl (C=O) groups excluding carboxylic acids is 1. The van der Waals surface area contributed by atoms with Crippen molar-refractivity contribution in [3.05, 3.63) is 0 Å². The normalized spacial score (nSPS) is 30.3.